The standard InChI is InChI=1S/C15H20N2O3/c1-3-9(2)16-8-13(19)10-4-6-12(18)15-11(10)5-7-14(20)17-15/h4,6,9,16,18H,3,5,7-8H2,1-2H3,(H,17,20). The number of Topliss-reactive ketones (excluding diaryl/α,β-unsaturated/α-hetero) is 1. The minimum Gasteiger partial charge on any atom is -0.506 e. The number of ketones is 1. The molecule has 0 saturated heterocycles. The van der Waals surface area contributed by atoms with E-state index in [-0.39, 0.29) is 30.0 Å². The smallest absolute Gasteiger partial charge is 0.224 e. The van der Waals surface area contributed by atoms with Crippen molar-refractivity contribution < 1.29 is 14.7 Å². The van der Waals surface area contributed by atoms with Gasteiger partial charge >= 0.3 is 0 Å². The van der Waals surface area contributed by atoms with Crippen LogP contribution in [0.4, 0.5) is 5.69 Å². The van der Waals surface area contributed by atoms with Gasteiger partial charge in [-0.1, -0.05) is 6.92 Å². The quantitative estimate of drug-likeness (QED) is 0.566. The molecule has 1 aromatic rings. The number of nitrogens with one attached hydrogen (secondary N) is 2. The van der Waals surface area contributed by atoms with Crippen LogP contribution in [0, 0.1) is 0 Å². The number of hydrogen-bond donors (Lipinski definition) is 3. The van der Waals surface area contributed by atoms with Crippen LogP contribution in [0.15, 0.2) is 12.1 Å². The van der Waals surface area contributed by atoms with Gasteiger partial charge in [-0.15, -0.1) is 0 Å². The number of carbonyl (C=O) groups is 2. The van der Waals surface area contributed by atoms with Gasteiger partial charge in [0.25, 0.3) is 0 Å². The van der Waals surface area contributed by atoms with Crippen molar-refractivity contribution in [1.29, 1.82) is 0 Å². The third kappa shape index (κ3) is 2.99. The van der Waals surface area contributed by atoms with Gasteiger partial charge in [-0.3, -0.25) is 9.59 Å². The molecule has 3 N–H and O–H groups in total. The Morgan fingerprint density at radius 2 is 2.20 bits per heavy atom. The van der Waals surface area contributed by atoms with Crippen molar-refractivity contribution >= 4 is 17.4 Å². The summed E-state index contributed by atoms with van der Waals surface area (Å²) in [4.78, 5) is 23.7. The molecule has 1 aliphatic rings. The van der Waals surface area contributed by atoms with Crippen molar-refractivity contribution in [2.24, 2.45) is 0 Å². The molecule has 1 atom stereocenters. The number of phenolic OH excluding ortho intramolecular Hbond substituents is 1. The van der Waals surface area contributed by atoms with E-state index in [0.717, 1.165) is 12.0 Å². The Bertz CT molecular complexity index is 540. The van der Waals surface area contributed by atoms with Gasteiger partial charge in [0.15, 0.2) is 5.78 Å². The Labute approximate surface area is 118 Å². The van der Waals surface area contributed by atoms with Gasteiger partial charge < -0.3 is 15.7 Å². The van der Waals surface area contributed by atoms with Crippen LogP contribution in [0.1, 0.15) is 42.6 Å². The van der Waals surface area contributed by atoms with Crippen molar-refractivity contribution in [3.63, 3.8) is 0 Å². The molecule has 0 aliphatic carbocycles. The molecule has 5 heteroatoms. The fourth-order valence-electron chi connectivity index (χ4n) is 2.24. The van der Waals surface area contributed by atoms with Crippen LogP contribution in [0.5, 0.6) is 5.75 Å². The first-order chi connectivity index (χ1) is 9.52. The molecule has 2 rings (SSSR count). The molecule has 1 amide bonds. The Morgan fingerprint density at radius 3 is 2.90 bits per heavy atom. The van der Waals surface area contributed by atoms with Gasteiger partial charge in [-0.25, -0.2) is 0 Å². The maximum atomic E-state index is 12.3. The minimum absolute atomic E-state index is 0.0134. The monoisotopic (exact) mass is 276 g/mol. The third-order valence-electron chi connectivity index (χ3n) is 3.68. The summed E-state index contributed by atoms with van der Waals surface area (Å²) < 4.78 is 0. The van der Waals surface area contributed by atoms with Crippen LogP contribution in [0.3, 0.4) is 0 Å². The SMILES string of the molecule is CCC(C)NCC(=O)c1ccc(O)c2c1CCC(=O)N2. The van der Waals surface area contributed by atoms with Crippen molar-refractivity contribution in [3.8, 4) is 5.75 Å². The van der Waals surface area contributed by atoms with E-state index >= 15 is 0 Å². The molecule has 20 heavy (non-hydrogen) atoms. The number of hydrogen-bond acceptors (Lipinski definition) is 4. The maximum absolute atomic E-state index is 12.3. The number of benzene rings is 1. The highest BCUT2D eigenvalue weighted by molar-refractivity contribution is 6.04. The zero-order valence-electron chi connectivity index (χ0n) is 11.8. The van der Waals surface area contributed by atoms with E-state index < -0.39 is 0 Å². The molecule has 0 fully saturated rings. The van der Waals surface area contributed by atoms with Gasteiger partial charge in [-0.05, 0) is 37.5 Å². The van der Waals surface area contributed by atoms with Gasteiger partial charge in [0, 0.05) is 18.0 Å². The van der Waals surface area contributed by atoms with E-state index in [1.165, 1.54) is 6.07 Å². The number of fused-ring (bicyclic) bond motifs is 1. The second-order valence-corrected chi connectivity index (χ2v) is 5.15. The molecule has 1 heterocycles. The molecule has 0 bridgehead atoms. The highest BCUT2D eigenvalue weighted by Gasteiger charge is 2.23. The lowest BCUT2D eigenvalue weighted by Crippen LogP contribution is -2.32. The van der Waals surface area contributed by atoms with Gasteiger partial charge in [0.2, 0.25) is 5.91 Å². The number of amides is 1. The van der Waals surface area contributed by atoms with E-state index in [9.17, 15) is 14.7 Å². The van der Waals surface area contributed by atoms with E-state index in [2.05, 4.69) is 17.6 Å². The second kappa shape index (κ2) is 6.05. The molecule has 5 nitrogen and oxygen atoms in total. The summed E-state index contributed by atoms with van der Waals surface area (Å²) in [6, 6.07) is 3.37. The minimum atomic E-state index is -0.130. The third-order valence-corrected chi connectivity index (χ3v) is 3.68. The molecular weight excluding hydrogens is 256 g/mol. The average molecular weight is 276 g/mol. The van der Waals surface area contributed by atoms with Gasteiger partial charge in [0.05, 0.1) is 12.2 Å². The molecule has 1 aliphatic heterocycles. The summed E-state index contributed by atoms with van der Waals surface area (Å²) in [7, 11) is 0. The van der Waals surface area contributed by atoms with E-state index in [0.29, 0.717) is 24.1 Å². The lowest BCUT2D eigenvalue weighted by Gasteiger charge is -2.21. The summed E-state index contributed by atoms with van der Waals surface area (Å²) in [6.45, 7) is 4.35. The molecule has 108 valence electrons. The van der Waals surface area contributed by atoms with Crippen LogP contribution < -0.4 is 10.6 Å². The van der Waals surface area contributed by atoms with Crippen molar-refractivity contribution in [2.75, 3.05) is 11.9 Å². The first-order valence-electron chi connectivity index (χ1n) is 6.94. The number of rotatable bonds is 5. The zero-order chi connectivity index (χ0) is 14.7. The number of aromatic hydroxyl groups is 1. The maximum Gasteiger partial charge on any atom is 0.224 e. The van der Waals surface area contributed by atoms with E-state index in [1.54, 1.807) is 6.07 Å². The Hall–Kier alpha value is -1.88. The topological polar surface area (TPSA) is 78.4 Å². The summed E-state index contributed by atoms with van der Waals surface area (Å²) >= 11 is 0. The van der Waals surface area contributed by atoms with Crippen LogP contribution in [-0.4, -0.2) is 29.4 Å². The number of carbonyl (C=O) groups excluding carboxylic acids is 2. The first kappa shape index (κ1) is 14.5. The summed E-state index contributed by atoms with van der Waals surface area (Å²) in [5.74, 6) is -0.132. The summed E-state index contributed by atoms with van der Waals surface area (Å²) in [5.41, 5.74) is 1.70. The van der Waals surface area contributed by atoms with Crippen LogP contribution >= 0.6 is 0 Å². The molecular formula is C15H20N2O3. The Kier molecular flexibility index (Phi) is 4.39. The fourth-order valence-corrected chi connectivity index (χ4v) is 2.24. The Balaban J connectivity index is 2.22. The highest BCUT2D eigenvalue weighted by Crippen LogP contribution is 2.34. The number of anilines is 1. The van der Waals surface area contributed by atoms with E-state index in [1.807, 2.05) is 6.92 Å². The molecule has 0 saturated carbocycles. The largest absolute Gasteiger partial charge is 0.506 e. The first-order valence-corrected chi connectivity index (χ1v) is 6.94. The van der Waals surface area contributed by atoms with Crippen molar-refractivity contribution in [3.05, 3.63) is 23.3 Å². The molecule has 0 radical (unpaired) electrons. The molecule has 1 unspecified atom stereocenters. The predicted molar refractivity (Wildman–Crippen MR) is 77.1 cm³/mol. The normalized spacial score (nSPS) is 15.4. The van der Waals surface area contributed by atoms with Crippen LogP contribution in [-0.2, 0) is 11.2 Å². The predicted octanol–water partition coefficient (Wildman–Crippen LogP) is 1.85. The second-order valence-electron chi connectivity index (χ2n) is 5.15. The van der Waals surface area contributed by atoms with Crippen molar-refractivity contribution in [1.82, 2.24) is 5.32 Å². The number of phenols is 1. The fraction of sp³-hybridized carbons (Fsp3) is 0.467. The lowest BCUT2D eigenvalue weighted by molar-refractivity contribution is -0.116. The molecule has 1 aromatic carbocycles. The lowest BCUT2D eigenvalue weighted by atomic mass is 9.94. The van der Waals surface area contributed by atoms with Gasteiger partial charge in [0.1, 0.15) is 5.75 Å². The molecule has 0 aromatic heterocycles. The summed E-state index contributed by atoms with van der Waals surface area (Å²) in [6.07, 6.45) is 1.78. The zero-order valence-corrected chi connectivity index (χ0v) is 11.8. The Morgan fingerprint density at radius 1 is 1.45 bits per heavy atom. The summed E-state index contributed by atoms with van der Waals surface area (Å²) in [5, 5.41) is 15.6. The van der Waals surface area contributed by atoms with Gasteiger partial charge in [-0.2, -0.15) is 0 Å². The van der Waals surface area contributed by atoms with E-state index in [4.69, 9.17) is 0 Å². The molecule has 0 spiro atoms. The van der Waals surface area contributed by atoms with Crippen LogP contribution in [0.2, 0.25) is 0 Å². The highest BCUT2D eigenvalue weighted by atomic mass is 16.3. The average Bonchev–Trinajstić information content (AvgIpc) is 2.45. The van der Waals surface area contributed by atoms with Crippen molar-refractivity contribution in [2.45, 2.75) is 39.2 Å². The van der Waals surface area contributed by atoms with Crippen LogP contribution in [0.25, 0.3) is 0 Å².